The predicted octanol–water partition coefficient (Wildman–Crippen LogP) is 0.802. The van der Waals surface area contributed by atoms with Crippen LogP contribution in [0.2, 0.25) is 0 Å². The smallest absolute Gasteiger partial charge is 0.245 e. The summed E-state index contributed by atoms with van der Waals surface area (Å²) < 4.78 is 4.74. The van der Waals surface area contributed by atoms with Gasteiger partial charge in [-0.3, -0.25) is 9.59 Å². The number of carbonyl (C=O) groups excluding carboxylic acids is 2. The Morgan fingerprint density at radius 1 is 1.42 bits per heavy atom. The average molecular weight is 262 g/mol. The number of nitrogens with zero attached hydrogens (tertiary/aromatic N) is 1. The molecule has 102 valence electrons. The second kappa shape index (κ2) is 6.33. The number of ether oxygens (including phenoxy) is 1. The van der Waals surface area contributed by atoms with E-state index < -0.39 is 0 Å². The van der Waals surface area contributed by atoms with Gasteiger partial charge in [-0.15, -0.1) is 0 Å². The molecule has 0 spiro atoms. The lowest BCUT2D eigenvalue weighted by molar-refractivity contribution is -0.125. The molecular formula is C14H18N2O3. The van der Waals surface area contributed by atoms with Crippen LogP contribution in [0.4, 0.5) is 5.69 Å². The number of hydrogen-bond acceptors (Lipinski definition) is 3. The summed E-state index contributed by atoms with van der Waals surface area (Å²) in [5.41, 5.74) is 0.915. The lowest BCUT2D eigenvalue weighted by atomic mass is 10.1. The third-order valence-electron chi connectivity index (χ3n) is 3.14. The van der Waals surface area contributed by atoms with Crippen molar-refractivity contribution in [3.05, 3.63) is 30.3 Å². The number of para-hydroxylation sites is 1. The first-order valence-electron chi connectivity index (χ1n) is 6.31. The van der Waals surface area contributed by atoms with Crippen LogP contribution in [0.25, 0.3) is 0 Å². The number of carbonyl (C=O) groups is 2. The van der Waals surface area contributed by atoms with Gasteiger partial charge in [-0.1, -0.05) is 18.2 Å². The van der Waals surface area contributed by atoms with E-state index in [0.717, 1.165) is 5.69 Å². The number of benzene rings is 1. The Bertz CT molecular complexity index is 447. The number of anilines is 1. The monoisotopic (exact) mass is 262 g/mol. The molecule has 1 saturated heterocycles. The summed E-state index contributed by atoms with van der Waals surface area (Å²) >= 11 is 0. The maximum Gasteiger partial charge on any atom is 0.245 e. The molecule has 2 rings (SSSR count). The van der Waals surface area contributed by atoms with Gasteiger partial charge in [0.15, 0.2) is 0 Å². The maximum atomic E-state index is 11.9. The molecule has 1 aromatic rings. The Balaban J connectivity index is 1.88. The molecule has 5 nitrogen and oxygen atoms in total. The zero-order chi connectivity index (χ0) is 13.7. The predicted molar refractivity (Wildman–Crippen MR) is 71.8 cm³/mol. The highest BCUT2D eigenvalue weighted by molar-refractivity contribution is 5.95. The van der Waals surface area contributed by atoms with E-state index in [1.165, 1.54) is 7.11 Å². The fourth-order valence-corrected chi connectivity index (χ4v) is 2.22. The van der Waals surface area contributed by atoms with Crippen LogP contribution >= 0.6 is 0 Å². The molecule has 0 radical (unpaired) electrons. The van der Waals surface area contributed by atoms with Crippen molar-refractivity contribution in [2.24, 2.45) is 5.92 Å². The van der Waals surface area contributed by atoms with Gasteiger partial charge >= 0.3 is 0 Å². The molecular weight excluding hydrogens is 244 g/mol. The summed E-state index contributed by atoms with van der Waals surface area (Å²) in [7, 11) is 1.48. The molecule has 1 atom stereocenters. The van der Waals surface area contributed by atoms with Crippen LogP contribution in [-0.2, 0) is 14.3 Å². The van der Waals surface area contributed by atoms with E-state index in [9.17, 15) is 9.59 Å². The number of hydrogen-bond donors (Lipinski definition) is 1. The normalized spacial score (nSPS) is 18.7. The van der Waals surface area contributed by atoms with Gasteiger partial charge in [0, 0.05) is 38.2 Å². The number of amides is 2. The Kier molecular flexibility index (Phi) is 4.52. The highest BCUT2D eigenvalue weighted by atomic mass is 16.5. The fraction of sp³-hybridized carbons (Fsp3) is 0.429. The first-order valence-corrected chi connectivity index (χ1v) is 6.31. The molecule has 2 amide bonds. The van der Waals surface area contributed by atoms with Gasteiger partial charge in [0.1, 0.15) is 6.61 Å². The third-order valence-corrected chi connectivity index (χ3v) is 3.14. The summed E-state index contributed by atoms with van der Waals surface area (Å²) in [4.78, 5) is 25.0. The summed E-state index contributed by atoms with van der Waals surface area (Å²) in [5.74, 6) is 0.124. The number of methoxy groups -OCH3 is 1. The molecule has 1 unspecified atom stereocenters. The van der Waals surface area contributed by atoms with Gasteiger partial charge in [-0.2, -0.15) is 0 Å². The van der Waals surface area contributed by atoms with E-state index in [-0.39, 0.29) is 24.3 Å². The van der Waals surface area contributed by atoms with Gasteiger partial charge in [-0.05, 0) is 12.1 Å². The zero-order valence-electron chi connectivity index (χ0n) is 11.0. The molecule has 1 aliphatic rings. The van der Waals surface area contributed by atoms with Crippen LogP contribution in [0, 0.1) is 5.92 Å². The first-order chi connectivity index (χ1) is 9.20. The fourth-order valence-electron chi connectivity index (χ4n) is 2.22. The Morgan fingerprint density at radius 3 is 2.84 bits per heavy atom. The minimum absolute atomic E-state index is 0.0586. The molecule has 0 aliphatic carbocycles. The van der Waals surface area contributed by atoms with Crippen molar-refractivity contribution in [1.82, 2.24) is 5.32 Å². The van der Waals surface area contributed by atoms with Crippen LogP contribution in [-0.4, -0.2) is 38.6 Å². The van der Waals surface area contributed by atoms with E-state index in [2.05, 4.69) is 5.32 Å². The molecule has 0 saturated carbocycles. The lowest BCUT2D eigenvalue weighted by Crippen LogP contribution is -2.33. The largest absolute Gasteiger partial charge is 0.375 e. The summed E-state index contributed by atoms with van der Waals surface area (Å²) in [5, 5.41) is 2.78. The van der Waals surface area contributed by atoms with Gasteiger partial charge < -0.3 is 15.0 Å². The van der Waals surface area contributed by atoms with Crippen molar-refractivity contribution in [2.45, 2.75) is 6.42 Å². The quantitative estimate of drug-likeness (QED) is 0.854. The molecule has 1 heterocycles. The van der Waals surface area contributed by atoms with E-state index in [4.69, 9.17) is 4.74 Å². The van der Waals surface area contributed by atoms with E-state index >= 15 is 0 Å². The molecule has 0 aromatic heterocycles. The zero-order valence-corrected chi connectivity index (χ0v) is 11.0. The van der Waals surface area contributed by atoms with E-state index in [1.54, 1.807) is 4.90 Å². The minimum Gasteiger partial charge on any atom is -0.375 e. The van der Waals surface area contributed by atoms with Gasteiger partial charge in [0.2, 0.25) is 11.8 Å². The van der Waals surface area contributed by atoms with Crippen molar-refractivity contribution in [2.75, 3.05) is 31.7 Å². The van der Waals surface area contributed by atoms with Gasteiger partial charge in [0.25, 0.3) is 0 Å². The topological polar surface area (TPSA) is 58.6 Å². The van der Waals surface area contributed by atoms with Gasteiger partial charge in [-0.25, -0.2) is 0 Å². The number of rotatable bonds is 5. The second-order valence-corrected chi connectivity index (χ2v) is 4.65. The van der Waals surface area contributed by atoms with Crippen molar-refractivity contribution in [1.29, 1.82) is 0 Å². The molecule has 19 heavy (non-hydrogen) atoms. The number of nitrogens with one attached hydrogen (secondary N) is 1. The minimum atomic E-state index is -0.145. The molecule has 1 fully saturated rings. The van der Waals surface area contributed by atoms with Crippen LogP contribution in [0.5, 0.6) is 0 Å². The van der Waals surface area contributed by atoms with Crippen molar-refractivity contribution < 1.29 is 14.3 Å². The third kappa shape index (κ3) is 3.54. The second-order valence-electron chi connectivity index (χ2n) is 4.65. The molecule has 0 bridgehead atoms. The molecule has 1 N–H and O–H groups in total. The Labute approximate surface area is 112 Å². The highest BCUT2D eigenvalue weighted by Gasteiger charge is 2.30. The Morgan fingerprint density at radius 2 is 2.16 bits per heavy atom. The van der Waals surface area contributed by atoms with Crippen LogP contribution in [0.15, 0.2) is 30.3 Å². The van der Waals surface area contributed by atoms with Gasteiger partial charge in [0.05, 0.1) is 0 Å². The first kappa shape index (κ1) is 13.5. The highest BCUT2D eigenvalue weighted by Crippen LogP contribution is 2.24. The molecule has 1 aliphatic heterocycles. The van der Waals surface area contributed by atoms with E-state index in [0.29, 0.717) is 19.5 Å². The molecule has 5 heteroatoms. The lowest BCUT2D eigenvalue weighted by Gasteiger charge is -2.16. The maximum absolute atomic E-state index is 11.9. The van der Waals surface area contributed by atoms with Crippen molar-refractivity contribution >= 4 is 17.5 Å². The molecule has 1 aromatic carbocycles. The average Bonchev–Trinajstić information content (AvgIpc) is 2.79. The summed E-state index contributed by atoms with van der Waals surface area (Å²) in [6, 6.07) is 9.59. The van der Waals surface area contributed by atoms with Crippen molar-refractivity contribution in [3.8, 4) is 0 Å². The summed E-state index contributed by atoms with van der Waals surface area (Å²) in [6.07, 6.45) is 0.474. The summed E-state index contributed by atoms with van der Waals surface area (Å²) in [6.45, 7) is 1.22. The van der Waals surface area contributed by atoms with Crippen molar-refractivity contribution in [3.63, 3.8) is 0 Å². The SMILES string of the molecule is COCC(=O)NCC1CC(=O)N(c2ccccc2)C1. The van der Waals surface area contributed by atoms with Crippen LogP contribution < -0.4 is 10.2 Å². The Hall–Kier alpha value is -1.88. The standard InChI is InChI=1S/C14H18N2O3/c1-19-10-13(17)15-8-11-7-14(18)16(9-11)12-5-3-2-4-6-12/h2-6,11H,7-10H2,1H3,(H,15,17). The van der Waals surface area contributed by atoms with E-state index in [1.807, 2.05) is 30.3 Å². The van der Waals surface area contributed by atoms with Crippen LogP contribution in [0.3, 0.4) is 0 Å². The van der Waals surface area contributed by atoms with Crippen LogP contribution in [0.1, 0.15) is 6.42 Å².